The molecular formula is C23H24N2O4. The number of ether oxygens (including phenoxy) is 1. The average molecular weight is 392 g/mol. The van der Waals surface area contributed by atoms with E-state index >= 15 is 0 Å². The molecule has 0 saturated carbocycles. The minimum absolute atomic E-state index is 0.165. The second-order valence-electron chi connectivity index (χ2n) is 6.65. The highest BCUT2D eigenvalue weighted by molar-refractivity contribution is 5.95. The largest absolute Gasteiger partial charge is 0.492 e. The van der Waals surface area contributed by atoms with Crippen molar-refractivity contribution in [1.29, 1.82) is 0 Å². The Morgan fingerprint density at radius 3 is 2.59 bits per heavy atom. The minimum atomic E-state index is -0.728. The fourth-order valence-corrected chi connectivity index (χ4v) is 2.87. The first-order chi connectivity index (χ1) is 14.1. The Morgan fingerprint density at radius 2 is 1.86 bits per heavy atom. The summed E-state index contributed by atoms with van der Waals surface area (Å²) in [5.41, 5.74) is 2.05. The molecule has 150 valence electrons. The van der Waals surface area contributed by atoms with Crippen molar-refractivity contribution in [2.24, 2.45) is 0 Å². The van der Waals surface area contributed by atoms with Crippen LogP contribution < -0.4 is 15.4 Å². The molecule has 0 radical (unpaired) electrons. The second kappa shape index (κ2) is 10.1. The third-order valence-corrected chi connectivity index (χ3v) is 4.31. The van der Waals surface area contributed by atoms with E-state index in [0.717, 1.165) is 16.9 Å². The summed E-state index contributed by atoms with van der Waals surface area (Å²) in [4.78, 5) is 25.1. The summed E-state index contributed by atoms with van der Waals surface area (Å²) >= 11 is 0. The molecule has 3 aromatic rings. The van der Waals surface area contributed by atoms with Crippen LogP contribution in [0.15, 0.2) is 77.4 Å². The van der Waals surface area contributed by atoms with E-state index < -0.39 is 11.9 Å². The molecule has 0 fully saturated rings. The SMILES string of the molecule is Cc1cccc(OCCNC(=O)C(Cc2ccccc2)NC(=O)c2ccco2)c1. The van der Waals surface area contributed by atoms with Gasteiger partial charge in [-0.25, -0.2) is 0 Å². The summed E-state index contributed by atoms with van der Waals surface area (Å²) < 4.78 is 10.8. The average Bonchev–Trinajstić information content (AvgIpc) is 3.26. The number of hydrogen-bond acceptors (Lipinski definition) is 4. The van der Waals surface area contributed by atoms with Gasteiger partial charge >= 0.3 is 0 Å². The van der Waals surface area contributed by atoms with Crippen LogP contribution in [-0.2, 0) is 11.2 Å². The van der Waals surface area contributed by atoms with Crippen molar-refractivity contribution in [3.05, 3.63) is 89.9 Å². The molecule has 6 nitrogen and oxygen atoms in total. The van der Waals surface area contributed by atoms with Crippen molar-refractivity contribution >= 4 is 11.8 Å². The molecule has 2 amide bonds. The van der Waals surface area contributed by atoms with Gasteiger partial charge in [-0.15, -0.1) is 0 Å². The summed E-state index contributed by atoms with van der Waals surface area (Å²) in [5, 5.41) is 5.58. The number of aryl methyl sites for hydroxylation is 1. The lowest BCUT2D eigenvalue weighted by atomic mass is 10.1. The molecule has 29 heavy (non-hydrogen) atoms. The molecule has 1 aromatic heterocycles. The Balaban J connectivity index is 1.56. The zero-order chi connectivity index (χ0) is 20.5. The van der Waals surface area contributed by atoms with E-state index in [2.05, 4.69) is 10.6 Å². The van der Waals surface area contributed by atoms with Crippen LogP contribution in [0.25, 0.3) is 0 Å². The van der Waals surface area contributed by atoms with Crippen LogP contribution in [0.4, 0.5) is 0 Å². The van der Waals surface area contributed by atoms with Crippen LogP contribution in [0, 0.1) is 6.92 Å². The van der Waals surface area contributed by atoms with Crippen LogP contribution in [0.2, 0.25) is 0 Å². The number of furan rings is 1. The van der Waals surface area contributed by atoms with Crippen molar-refractivity contribution in [3.63, 3.8) is 0 Å². The molecule has 3 rings (SSSR count). The molecule has 6 heteroatoms. The summed E-state index contributed by atoms with van der Waals surface area (Å²) in [7, 11) is 0. The Labute approximate surface area is 169 Å². The van der Waals surface area contributed by atoms with E-state index in [1.807, 2.05) is 61.5 Å². The van der Waals surface area contributed by atoms with Crippen molar-refractivity contribution < 1.29 is 18.7 Å². The summed E-state index contributed by atoms with van der Waals surface area (Å²) in [6.07, 6.45) is 1.79. The Bertz CT molecular complexity index is 923. The predicted octanol–water partition coefficient (Wildman–Crippen LogP) is 3.12. The van der Waals surface area contributed by atoms with Crippen molar-refractivity contribution in [2.45, 2.75) is 19.4 Å². The van der Waals surface area contributed by atoms with Crippen molar-refractivity contribution in [3.8, 4) is 5.75 Å². The van der Waals surface area contributed by atoms with Gasteiger partial charge in [-0.1, -0.05) is 42.5 Å². The number of rotatable bonds is 9. The van der Waals surface area contributed by atoms with E-state index in [1.54, 1.807) is 12.1 Å². The quantitative estimate of drug-likeness (QED) is 0.548. The fraction of sp³-hybridized carbons (Fsp3) is 0.217. The van der Waals surface area contributed by atoms with Gasteiger partial charge in [-0.05, 0) is 42.3 Å². The molecule has 0 aliphatic carbocycles. The van der Waals surface area contributed by atoms with Crippen LogP contribution >= 0.6 is 0 Å². The van der Waals surface area contributed by atoms with Crippen molar-refractivity contribution in [2.75, 3.05) is 13.2 Å². The zero-order valence-electron chi connectivity index (χ0n) is 16.3. The maximum absolute atomic E-state index is 12.7. The van der Waals surface area contributed by atoms with Gasteiger partial charge in [-0.2, -0.15) is 0 Å². The van der Waals surface area contributed by atoms with Crippen LogP contribution in [0.1, 0.15) is 21.7 Å². The lowest BCUT2D eigenvalue weighted by Gasteiger charge is -2.18. The number of hydrogen-bond donors (Lipinski definition) is 2. The summed E-state index contributed by atoms with van der Waals surface area (Å²) in [5.74, 6) is 0.216. The third-order valence-electron chi connectivity index (χ3n) is 4.31. The molecule has 0 bridgehead atoms. The first-order valence-corrected chi connectivity index (χ1v) is 9.47. The van der Waals surface area contributed by atoms with Crippen molar-refractivity contribution in [1.82, 2.24) is 10.6 Å². The summed E-state index contributed by atoms with van der Waals surface area (Å²) in [6, 6.07) is 19.7. The number of carbonyl (C=O) groups excluding carboxylic acids is 2. The van der Waals surface area contributed by atoms with Gasteiger partial charge in [0.15, 0.2) is 5.76 Å². The number of nitrogens with one attached hydrogen (secondary N) is 2. The minimum Gasteiger partial charge on any atom is -0.492 e. The maximum Gasteiger partial charge on any atom is 0.287 e. The summed E-state index contributed by atoms with van der Waals surface area (Å²) in [6.45, 7) is 2.65. The van der Waals surface area contributed by atoms with Crippen LogP contribution in [-0.4, -0.2) is 31.0 Å². The third kappa shape index (κ3) is 6.24. The van der Waals surface area contributed by atoms with E-state index in [1.165, 1.54) is 6.26 Å². The van der Waals surface area contributed by atoms with Gasteiger partial charge < -0.3 is 19.8 Å². The monoisotopic (exact) mass is 392 g/mol. The normalized spacial score (nSPS) is 11.5. The molecule has 0 saturated heterocycles. The molecule has 0 spiro atoms. The number of benzene rings is 2. The molecular weight excluding hydrogens is 368 g/mol. The van der Waals surface area contributed by atoms with E-state index in [4.69, 9.17) is 9.15 Å². The van der Waals surface area contributed by atoms with E-state index in [9.17, 15) is 9.59 Å². The predicted molar refractivity (Wildman–Crippen MR) is 110 cm³/mol. The zero-order valence-corrected chi connectivity index (χ0v) is 16.3. The Hall–Kier alpha value is -3.54. The number of carbonyl (C=O) groups is 2. The van der Waals surface area contributed by atoms with Gasteiger partial charge in [0, 0.05) is 6.42 Å². The lowest BCUT2D eigenvalue weighted by Crippen LogP contribution is -2.48. The van der Waals surface area contributed by atoms with Gasteiger partial charge in [0.25, 0.3) is 5.91 Å². The van der Waals surface area contributed by atoms with E-state index in [-0.39, 0.29) is 11.7 Å². The smallest absolute Gasteiger partial charge is 0.287 e. The van der Waals surface area contributed by atoms with Gasteiger partial charge in [-0.3, -0.25) is 9.59 Å². The molecule has 1 heterocycles. The van der Waals surface area contributed by atoms with Crippen LogP contribution in [0.3, 0.4) is 0 Å². The Morgan fingerprint density at radius 1 is 1.03 bits per heavy atom. The van der Waals surface area contributed by atoms with Gasteiger partial charge in [0.1, 0.15) is 18.4 Å². The van der Waals surface area contributed by atoms with E-state index in [0.29, 0.717) is 19.6 Å². The van der Waals surface area contributed by atoms with Crippen LogP contribution in [0.5, 0.6) is 5.75 Å². The molecule has 0 aliphatic heterocycles. The lowest BCUT2D eigenvalue weighted by molar-refractivity contribution is -0.123. The standard InChI is InChI=1S/C23H24N2O4/c1-17-7-5-10-19(15-17)28-14-12-24-22(26)20(16-18-8-3-2-4-9-18)25-23(27)21-11-6-13-29-21/h2-11,13,15,20H,12,14,16H2,1H3,(H,24,26)(H,25,27). The molecule has 0 aliphatic rings. The maximum atomic E-state index is 12.7. The molecule has 1 atom stereocenters. The molecule has 2 aromatic carbocycles. The second-order valence-corrected chi connectivity index (χ2v) is 6.65. The first-order valence-electron chi connectivity index (χ1n) is 9.47. The Kier molecular flexibility index (Phi) is 7.05. The fourth-order valence-electron chi connectivity index (χ4n) is 2.87. The number of amides is 2. The first kappa shape index (κ1) is 20.2. The molecule has 2 N–H and O–H groups in total. The van der Waals surface area contributed by atoms with Gasteiger partial charge in [0.05, 0.1) is 12.8 Å². The topological polar surface area (TPSA) is 80.6 Å². The molecule has 1 unspecified atom stereocenters. The highest BCUT2D eigenvalue weighted by Gasteiger charge is 2.22. The highest BCUT2D eigenvalue weighted by Crippen LogP contribution is 2.12. The highest BCUT2D eigenvalue weighted by atomic mass is 16.5. The van der Waals surface area contributed by atoms with Gasteiger partial charge in [0.2, 0.25) is 5.91 Å².